The van der Waals surface area contributed by atoms with Gasteiger partial charge in [0.25, 0.3) is 0 Å². The molecular formula is C27H30N4O2. The van der Waals surface area contributed by atoms with Crippen molar-refractivity contribution in [1.29, 1.82) is 0 Å². The molecule has 170 valence electrons. The average molecular weight is 443 g/mol. The summed E-state index contributed by atoms with van der Waals surface area (Å²) in [6.45, 7) is 4.42. The molecule has 6 nitrogen and oxygen atoms in total. The molecule has 1 aromatic heterocycles. The Morgan fingerprint density at radius 2 is 1.73 bits per heavy atom. The SMILES string of the molecule is CC(C)c1ccc(-n2cc(-c3ccccc3)nc2NC(=O)CN(C(=O)C2CC2)C2CC2)cc1. The van der Waals surface area contributed by atoms with Crippen molar-refractivity contribution in [2.45, 2.75) is 51.5 Å². The van der Waals surface area contributed by atoms with Crippen LogP contribution in [-0.4, -0.2) is 38.9 Å². The highest BCUT2D eigenvalue weighted by molar-refractivity contribution is 5.94. The van der Waals surface area contributed by atoms with Gasteiger partial charge in [0, 0.05) is 29.4 Å². The highest BCUT2D eigenvalue weighted by Gasteiger charge is 2.40. The van der Waals surface area contributed by atoms with E-state index >= 15 is 0 Å². The predicted octanol–water partition coefficient (Wildman–Crippen LogP) is 5.00. The van der Waals surface area contributed by atoms with E-state index in [-0.39, 0.29) is 30.3 Å². The zero-order valence-electron chi connectivity index (χ0n) is 19.2. The van der Waals surface area contributed by atoms with E-state index in [0.29, 0.717) is 11.9 Å². The summed E-state index contributed by atoms with van der Waals surface area (Å²) in [7, 11) is 0. The number of carbonyl (C=O) groups is 2. The van der Waals surface area contributed by atoms with E-state index in [4.69, 9.17) is 4.98 Å². The lowest BCUT2D eigenvalue weighted by Crippen LogP contribution is -2.40. The summed E-state index contributed by atoms with van der Waals surface area (Å²) in [4.78, 5) is 32.2. The number of amides is 2. The molecule has 0 unspecified atom stereocenters. The molecule has 2 aliphatic rings. The van der Waals surface area contributed by atoms with E-state index in [1.165, 1.54) is 5.56 Å². The van der Waals surface area contributed by atoms with Gasteiger partial charge in [-0.2, -0.15) is 0 Å². The molecule has 6 heteroatoms. The van der Waals surface area contributed by atoms with Gasteiger partial charge >= 0.3 is 0 Å². The molecule has 1 N–H and O–H groups in total. The van der Waals surface area contributed by atoms with Gasteiger partial charge in [-0.05, 0) is 49.3 Å². The largest absolute Gasteiger partial charge is 0.330 e. The van der Waals surface area contributed by atoms with E-state index in [2.05, 4.69) is 43.4 Å². The predicted molar refractivity (Wildman–Crippen MR) is 129 cm³/mol. The summed E-state index contributed by atoms with van der Waals surface area (Å²) < 4.78 is 1.91. The number of benzene rings is 2. The van der Waals surface area contributed by atoms with Crippen LogP contribution in [0.3, 0.4) is 0 Å². The Morgan fingerprint density at radius 1 is 1.03 bits per heavy atom. The van der Waals surface area contributed by atoms with E-state index in [9.17, 15) is 9.59 Å². The van der Waals surface area contributed by atoms with Crippen LogP contribution in [0.25, 0.3) is 16.9 Å². The van der Waals surface area contributed by atoms with Crippen LogP contribution in [0.5, 0.6) is 0 Å². The number of imidazole rings is 1. The number of nitrogens with one attached hydrogen (secondary N) is 1. The summed E-state index contributed by atoms with van der Waals surface area (Å²) in [5.74, 6) is 0.944. The molecule has 0 bridgehead atoms. The first-order chi connectivity index (χ1) is 16.0. The Balaban J connectivity index is 1.41. The Hall–Kier alpha value is -3.41. The van der Waals surface area contributed by atoms with Gasteiger partial charge in [-0.3, -0.25) is 19.5 Å². The van der Waals surface area contributed by atoms with Crippen molar-refractivity contribution in [2.24, 2.45) is 5.92 Å². The number of hydrogen-bond donors (Lipinski definition) is 1. The minimum Gasteiger partial charge on any atom is -0.330 e. The maximum Gasteiger partial charge on any atom is 0.246 e. The molecule has 0 radical (unpaired) electrons. The number of hydrogen-bond acceptors (Lipinski definition) is 3. The number of aromatic nitrogens is 2. The zero-order chi connectivity index (χ0) is 22.9. The second-order valence-corrected chi connectivity index (χ2v) is 9.45. The van der Waals surface area contributed by atoms with Crippen LogP contribution in [0.15, 0.2) is 60.8 Å². The number of rotatable bonds is 8. The van der Waals surface area contributed by atoms with Gasteiger partial charge < -0.3 is 4.90 Å². The van der Waals surface area contributed by atoms with E-state index in [1.54, 1.807) is 4.90 Å². The zero-order valence-corrected chi connectivity index (χ0v) is 19.2. The summed E-state index contributed by atoms with van der Waals surface area (Å²) >= 11 is 0. The lowest BCUT2D eigenvalue weighted by atomic mass is 10.0. The molecule has 2 amide bonds. The van der Waals surface area contributed by atoms with Crippen LogP contribution in [0, 0.1) is 5.92 Å². The van der Waals surface area contributed by atoms with Crippen LogP contribution in [-0.2, 0) is 9.59 Å². The monoisotopic (exact) mass is 442 g/mol. The van der Waals surface area contributed by atoms with Gasteiger partial charge in [0.1, 0.15) is 6.54 Å². The topological polar surface area (TPSA) is 67.2 Å². The minimum atomic E-state index is -0.207. The van der Waals surface area contributed by atoms with Gasteiger partial charge in [0.05, 0.1) is 5.69 Å². The van der Waals surface area contributed by atoms with Gasteiger partial charge in [-0.1, -0.05) is 56.3 Å². The van der Waals surface area contributed by atoms with Crippen molar-refractivity contribution in [2.75, 3.05) is 11.9 Å². The third kappa shape index (κ3) is 4.85. The van der Waals surface area contributed by atoms with Gasteiger partial charge in [-0.25, -0.2) is 4.98 Å². The molecule has 1 heterocycles. The van der Waals surface area contributed by atoms with Crippen molar-refractivity contribution in [3.63, 3.8) is 0 Å². The lowest BCUT2D eigenvalue weighted by molar-refractivity contribution is -0.136. The van der Waals surface area contributed by atoms with Crippen LogP contribution in [0.4, 0.5) is 5.95 Å². The molecule has 2 aliphatic carbocycles. The molecule has 0 atom stereocenters. The van der Waals surface area contributed by atoms with Gasteiger partial charge in [0.15, 0.2) is 0 Å². The molecule has 2 fully saturated rings. The minimum absolute atomic E-state index is 0.0832. The first-order valence-electron chi connectivity index (χ1n) is 11.8. The lowest BCUT2D eigenvalue weighted by Gasteiger charge is -2.21. The standard InChI is InChI=1S/C27H30N4O2/c1-18(2)19-10-12-23(13-11-19)31-16-24(20-6-4-3-5-7-20)28-27(31)29-25(32)17-30(22-14-15-22)26(33)21-8-9-21/h3-7,10-13,16,18,21-22H,8-9,14-15,17H2,1-2H3,(H,28,29,32). The Labute approximate surface area is 194 Å². The maximum absolute atomic E-state index is 13.0. The van der Waals surface area contributed by atoms with Crippen molar-refractivity contribution in [3.8, 4) is 16.9 Å². The fourth-order valence-corrected chi connectivity index (χ4v) is 4.09. The van der Waals surface area contributed by atoms with E-state index in [0.717, 1.165) is 42.6 Å². The average Bonchev–Trinajstić information content (AvgIpc) is 3.75. The number of anilines is 1. The molecule has 0 saturated heterocycles. The smallest absolute Gasteiger partial charge is 0.246 e. The maximum atomic E-state index is 13.0. The molecular weight excluding hydrogens is 412 g/mol. The fourth-order valence-electron chi connectivity index (χ4n) is 4.09. The molecule has 0 aliphatic heterocycles. The molecule has 2 aromatic carbocycles. The van der Waals surface area contributed by atoms with Crippen LogP contribution < -0.4 is 5.32 Å². The van der Waals surface area contributed by atoms with Crippen LogP contribution >= 0.6 is 0 Å². The number of nitrogens with zero attached hydrogens (tertiary/aromatic N) is 3. The van der Waals surface area contributed by atoms with Crippen molar-refractivity contribution in [3.05, 3.63) is 66.4 Å². The third-order valence-corrected chi connectivity index (χ3v) is 6.38. The fraction of sp³-hybridized carbons (Fsp3) is 0.370. The first kappa shape index (κ1) is 21.4. The normalized spacial score (nSPS) is 15.5. The summed E-state index contributed by atoms with van der Waals surface area (Å²) in [5.41, 5.74) is 3.95. The van der Waals surface area contributed by atoms with Crippen molar-refractivity contribution in [1.82, 2.24) is 14.5 Å². The molecule has 33 heavy (non-hydrogen) atoms. The van der Waals surface area contributed by atoms with Crippen LogP contribution in [0.2, 0.25) is 0 Å². The molecule has 5 rings (SSSR count). The summed E-state index contributed by atoms with van der Waals surface area (Å²) in [6.07, 6.45) is 5.81. The third-order valence-electron chi connectivity index (χ3n) is 6.38. The van der Waals surface area contributed by atoms with Crippen molar-refractivity contribution >= 4 is 17.8 Å². The Bertz CT molecular complexity index is 1140. The summed E-state index contributed by atoms with van der Waals surface area (Å²) in [5, 5.41) is 2.98. The second-order valence-electron chi connectivity index (χ2n) is 9.45. The summed E-state index contributed by atoms with van der Waals surface area (Å²) in [6, 6.07) is 18.5. The quantitative estimate of drug-likeness (QED) is 0.534. The van der Waals surface area contributed by atoms with E-state index < -0.39 is 0 Å². The molecule has 2 saturated carbocycles. The number of carbonyl (C=O) groups excluding carboxylic acids is 2. The Morgan fingerprint density at radius 3 is 2.33 bits per heavy atom. The second kappa shape index (κ2) is 8.85. The molecule has 3 aromatic rings. The first-order valence-corrected chi connectivity index (χ1v) is 11.8. The van der Waals surface area contributed by atoms with Crippen LogP contribution in [0.1, 0.15) is 51.0 Å². The highest BCUT2D eigenvalue weighted by Crippen LogP contribution is 2.36. The van der Waals surface area contributed by atoms with E-state index in [1.807, 2.05) is 41.1 Å². The van der Waals surface area contributed by atoms with Crippen molar-refractivity contribution < 1.29 is 9.59 Å². The van der Waals surface area contributed by atoms with Gasteiger partial charge in [0.2, 0.25) is 17.8 Å². The van der Waals surface area contributed by atoms with Gasteiger partial charge in [-0.15, -0.1) is 0 Å². The highest BCUT2D eigenvalue weighted by atomic mass is 16.2. The Kier molecular flexibility index (Phi) is 5.75. The molecule has 0 spiro atoms.